The smallest absolute Gasteiger partial charge is 0.0747 e. The molecule has 0 bridgehead atoms. The van der Waals surface area contributed by atoms with E-state index in [0.29, 0.717) is 0 Å². The lowest BCUT2D eigenvalue weighted by atomic mass is 10.1. The third-order valence-corrected chi connectivity index (χ3v) is 3.70. The second kappa shape index (κ2) is 3.42. The number of hydrogen-bond acceptors (Lipinski definition) is 1. The zero-order valence-corrected chi connectivity index (χ0v) is 10.3. The Morgan fingerprint density at radius 2 is 1.83 bits per heavy atom. The van der Waals surface area contributed by atoms with Gasteiger partial charge in [0, 0.05) is 17.4 Å². The fourth-order valence-electron chi connectivity index (χ4n) is 2.83. The fourth-order valence-corrected chi connectivity index (χ4v) is 2.83. The predicted octanol–water partition coefficient (Wildman–Crippen LogP) is 4.11. The van der Waals surface area contributed by atoms with Crippen molar-refractivity contribution in [2.24, 2.45) is 0 Å². The zero-order valence-electron chi connectivity index (χ0n) is 10.3. The minimum Gasteiger partial charge on any atom is -0.247 e. The van der Waals surface area contributed by atoms with Crippen LogP contribution in [0.3, 0.4) is 0 Å². The molecule has 0 saturated heterocycles. The van der Waals surface area contributed by atoms with Gasteiger partial charge in [0.1, 0.15) is 0 Å². The van der Waals surface area contributed by atoms with Gasteiger partial charge in [-0.1, -0.05) is 42.0 Å². The molecule has 86 valence electrons. The molecule has 1 aliphatic carbocycles. The second-order valence-corrected chi connectivity index (χ2v) is 5.03. The van der Waals surface area contributed by atoms with Crippen molar-refractivity contribution in [3.8, 4) is 11.3 Å². The number of nitrogens with zero attached hydrogens (tertiary/aromatic N) is 1. The summed E-state index contributed by atoms with van der Waals surface area (Å²) in [4.78, 5) is 4.83. The normalized spacial score (nSPS) is 12.5. The summed E-state index contributed by atoms with van der Waals surface area (Å²) in [6.07, 6.45) is 1.02. The largest absolute Gasteiger partial charge is 0.247 e. The number of rotatable bonds is 0. The first kappa shape index (κ1) is 9.84. The Labute approximate surface area is 106 Å². The third kappa shape index (κ3) is 1.31. The van der Waals surface area contributed by atoms with Crippen LogP contribution in [-0.2, 0) is 6.42 Å². The lowest BCUT2D eigenvalue weighted by molar-refractivity contribution is 1.24. The minimum atomic E-state index is 1.02. The monoisotopic (exact) mass is 231 g/mol. The maximum Gasteiger partial charge on any atom is 0.0747 e. The summed E-state index contributed by atoms with van der Waals surface area (Å²) >= 11 is 0. The van der Waals surface area contributed by atoms with Crippen molar-refractivity contribution in [2.45, 2.75) is 13.3 Å². The lowest BCUT2D eigenvalue weighted by Gasteiger charge is -2.03. The highest BCUT2D eigenvalue weighted by Crippen LogP contribution is 2.37. The number of benzene rings is 2. The van der Waals surface area contributed by atoms with Gasteiger partial charge in [-0.15, -0.1) is 0 Å². The summed E-state index contributed by atoms with van der Waals surface area (Å²) in [6.45, 7) is 2.15. The highest BCUT2D eigenvalue weighted by molar-refractivity contribution is 5.86. The van der Waals surface area contributed by atoms with Gasteiger partial charge in [0.2, 0.25) is 0 Å². The lowest BCUT2D eigenvalue weighted by Crippen LogP contribution is -1.86. The van der Waals surface area contributed by atoms with Gasteiger partial charge in [0.15, 0.2) is 0 Å². The van der Waals surface area contributed by atoms with E-state index in [1.54, 1.807) is 0 Å². The van der Waals surface area contributed by atoms with Gasteiger partial charge in [-0.25, -0.2) is 4.98 Å². The van der Waals surface area contributed by atoms with E-state index in [2.05, 4.69) is 49.4 Å². The molecule has 1 aliphatic rings. The zero-order chi connectivity index (χ0) is 12.1. The number of aromatic nitrogens is 1. The van der Waals surface area contributed by atoms with Crippen molar-refractivity contribution in [1.82, 2.24) is 4.98 Å². The average Bonchev–Trinajstić information content (AvgIpc) is 2.72. The summed E-state index contributed by atoms with van der Waals surface area (Å²) in [5, 5.41) is 1.24. The molecule has 2 aromatic carbocycles. The molecular weight excluding hydrogens is 218 g/mol. The Morgan fingerprint density at radius 3 is 2.78 bits per heavy atom. The molecule has 0 atom stereocenters. The predicted molar refractivity (Wildman–Crippen MR) is 74.7 cm³/mol. The van der Waals surface area contributed by atoms with Crippen molar-refractivity contribution in [3.63, 3.8) is 0 Å². The van der Waals surface area contributed by atoms with Crippen LogP contribution in [-0.4, -0.2) is 4.98 Å². The van der Waals surface area contributed by atoms with Gasteiger partial charge in [-0.3, -0.25) is 0 Å². The SMILES string of the molecule is Cc1ccc2c(c1)Cc1cc3ccccc3nc1-2. The van der Waals surface area contributed by atoms with Crippen LogP contribution in [0.5, 0.6) is 0 Å². The summed E-state index contributed by atoms with van der Waals surface area (Å²) < 4.78 is 0. The van der Waals surface area contributed by atoms with E-state index >= 15 is 0 Å². The molecule has 18 heavy (non-hydrogen) atoms. The molecule has 1 nitrogen and oxygen atoms in total. The van der Waals surface area contributed by atoms with Crippen LogP contribution >= 0.6 is 0 Å². The van der Waals surface area contributed by atoms with Crippen molar-refractivity contribution >= 4 is 10.9 Å². The molecule has 0 spiro atoms. The second-order valence-electron chi connectivity index (χ2n) is 5.03. The molecule has 0 amide bonds. The van der Waals surface area contributed by atoms with Crippen molar-refractivity contribution in [3.05, 3.63) is 65.2 Å². The molecule has 4 rings (SSSR count). The molecule has 1 heterocycles. The van der Waals surface area contributed by atoms with Gasteiger partial charge in [-0.2, -0.15) is 0 Å². The highest BCUT2D eigenvalue weighted by Gasteiger charge is 2.20. The van der Waals surface area contributed by atoms with Gasteiger partial charge in [0.25, 0.3) is 0 Å². The highest BCUT2D eigenvalue weighted by atomic mass is 14.7. The van der Waals surface area contributed by atoms with Gasteiger partial charge in [-0.05, 0) is 30.2 Å². The van der Waals surface area contributed by atoms with E-state index in [-0.39, 0.29) is 0 Å². The molecule has 0 unspecified atom stereocenters. The van der Waals surface area contributed by atoms with E-state index in [1.807, 2.05) is 6.07 Å². The van der Waals surface area contributed by atoms with Crippen LogP contribution in [0.1, 0.15) is 16.7 Å². The first-order chi connectivity index (χ1) is 8.81. The number of pyridine rings is 1. The minimum absolute atomic E-state index is 1.02. The Hall–Kier alpha value is -2.15. The number of fused-ring (bicyclic) bond motifs is 4. The van der Waals surface area contributed by atoms with E-state index in [1.165, 1.54) is 33.3 Å². The van der Waals surface area contributed by atoms with Crippen LogP contribution in [0.25, 0.3) is 22.2 Å². The van der Waals surface area contributed by atoms with Crippen LogP contribution in [0.15, 0.2) is 48.5 Å². The summed E-state index contributed by atoms with van der Waals surface area (Å²) in [5.41, 5.74) is 7.66. The van der Waals surface area contributed by atoms with E-state index < -0.39 is 0 Å². The summed E-state index contributed by atoms with van der Waals surface area (Å²) in [5.74, 6) is 0. The first-order valence-corrected chi connectivity index (χ1v) is 6.30. The maximum absolute atomic E-state index is 4.83. The van der Waals surface area contributed by atoms with E-state index in [0.717, 1.165) is 11.9 Å². The first-order valence-electron chi connectivity index (χ1n) is 6.30. The third-order valence-electron chi connectivity index (χ3n) is 3.70. The summed E-state index contributed by atoms with van der Waals surface area (Å²) in [7, 11) is 0. The standard InChI is InChI=1S/C17H13N/c1-11-6-7-15-13(8-11)10-14-9-12-4-2-3-5-16(12)18-17(14)15/h2-9H,10H2,1H3. The molecule has 3 aromatic rings. The van der Waals surface area contributed by atoms with Gasteiger partial charge < -0.3 is 0 Å². The molecule has 1 aromatic heterocycles. The molecule has 0 N–H and O–H groups in total. The number of para-hydroxylation sites is 1. The molecule has 0 saturated carbocycles. The molecule has 1 heteroatoms. The Balaban J connectivity index is 2.03. The summed E-state index contributed by atoms with van der Waals surface area (Å²) in [6, 6.07) is 17.3. The Morgan fingerprint density at radius 1 is 0.944 bits per heavy atom. The number of aryl methyl sites for hydroxylation is 1. The van der Waals surface area contributed by atoms with Gasteiger partial charge >= 0.3 is 0 Å². The molecular formula is C17H13N. The fraction of sp³-hybridized carbons (Fsp3) is 0.118. The molecule has 0 fully saturated rings. The topological polar surface area (TPSA) is 12.9 Å². The van der Waals surface area contributed by atoms with Crippen molar-refractivity contribution in [1.29, 1.82) is 0 Å². The van der Waals surface area contributed by atoms with Gasteiger partial charge in [0.05, 0.1) is 11.2 Å². The van der Waals surface area contributed by atoms with Crippen molar-refractivity contribution < 1.29 is 0 Å². The van der Waals surface area contributed by atoms with Crippen LogP contribution in [0.2, 0.25) is 0 Å². The maximum atomic E-state index is 4.83. The van der Waals surface area contributed by atoms with Crippen molar-refractivity contribution in [2.75, 3.05) is 0 Å². The quantitative estimate of drug-likeness (QED) is 0.443. The van der Waals surface area contributed by atoms with E-state index in [4.69, 9.17) is 4.98 Å². The molecule has 0 aliphatic heterocycles. The molecule has 0 radical (unpaired) electrons. The average molecular weight is 231 g/mol. The van der Waals surface area contributed by atoms with Crippen LogP contribution in [0, 0.1) is 6.92 Å². The van der Waals surface area contributed by atoms with Crippen LogP contribution in [0.4, 0.5) is 0 Å². The Bertz CT molecular complexity index is 772. The number of hydrogen-bond donors (Lipinski definition) is 0. The van der Waals surface area contributed by atoms with E-state index in [9.17, 15) is 0 Å². The Kier molecular flexibility index (Phi) is 1.87. The van der Waals surface area contributed by atoms with Crippen LogP contribution < -0.4 is 0 Å².